The molecule has 0 radical (unpaired) electrons. The van der Waals surface area contributed by atoms with Crippen LogP contribution in [0.25, 0.3) is 0 Å². The van der Waals surface area contributed by atoms with Crippen molar-refractivity contribution in [3.8, 4) is 0 Å². The number of hydrogen-bond acceptors (Lipinski definition) is 1. The molecule has 0 bridgehead atoms. The van der Waals surface area contributed by atoms with Gasteiger partial charge in [-0.3, -0.25) is 0 Å². The summed E-state index contributed by atoms with van der Waals surface area (Å²) in [5.74, 6) is 0.817. The van der Waals surface area contributed by atoms with E-state index in [9.17, 15) is 0 Å². The van der Waals surface area contributed by atoms with E-state index in [0.717, 1.165) is 5.92 Å². The lowest BCUT2D eigenvalue weighted by Crippen LogP contribution is -2.33. The van der Waals surface area contributed by atoms with Gasteiger partial charge >= 0.3 is 0 Å². The largest absolute Gasteiger partial charge is 0.311 e. The minimum absolute atomic E-state index is 0.620. The first-order valence-corrected chi connectivity index (χ1v) is 5.95. The van der Waals surface area contributed by atoms with Crippen molar-refractivity contribution >= 4 is 0 Å². The highest BCUT2D eigenvalue weighted by molar-refractivity contribution is 5.15. The minimum atomic E-state index is 0.620. The number of allylic oxidation sites excluding steroid dienone is 3. The highest BCUT2D eigenvalue weighted by atomic mass is 14.9. The van der Waals surface area contributed by atoms with E-state index in [0.29, 0.717) is 6.04 Å². The lowest BCUT2D eigenvalue weighted by molar-refractivity contribution is 0.499. The molecule has 2 atom stereocenters. The summed E-state index contributed by atoms with van der Waals surface area (Å²) in [4.78, 5) is 0. The molecular formula is C13H21N. The van der Waals surface area contributed by atoms with Crippen LogP contribution in [0.15, 0.2) is 23.8 Å². The van der Waals surface area contributed by atoms with Gasteiger partial charge < -0.3 is 5.32 Å². The second-order valence-corrected chi connectivity index (χ2v) is 4.57. The Kier molecular flexibility index (Phi) is 3.41. The van der Waals surface area contributed by atoms with E-state index in [2.05, 4.69) is 30.5 Å². The van der Waals surface area contributed by atoms with Gasteiger partial charge in [-0.25, -0.2) is 0 Å². The summed E-state index contributed by atoms with van der Waals surface area (Å²) in [6.45, 7) is 3.49. The summed E-state index contributed by atoms with van der Waals surface area (Å²) >= 11 is 0. The van der Waals surface area contributed by atoms with Gasteiger partial charge in [0, 0.05) is 6.04 Å². The molecule has 0 aromatic carbocycles. The number of hydrogen-bond donors (Lipinski definition) is 1. The van der Waals surface area contributed by atoms with Crippen LogP contribution < -0.4 is 5.32 Å². The Balaban J connectivity index is 1.97. The molecular weight excluding hydrogens is 170 g/mol. The molecule has 0 saturated carbocycles. The molecule has 14 heavy (non-hydrogen) atoms. The number of nitrogens with one attached hydrogen (secondary N) is 1. The fraction of sp³-hybridized carbons (Fsp3) is 0.692. The summed E-state index contributed by atoms with van der Waals surface area (Å²) < 4.78 is 0. The lowest BCUT2D eigenvalue weighted by atomic mass is 9.88. The van der Waals surface area contributed by atoms with E-state index in [4.69, 9.17) is 0 Å². The topological polar surface area (TPSA) is 12.0 Å². The van der Waals surface area contributed by atoms with E-state index in [1.54, 1.807) is 5.57 Å². The van der Waals surface area contributed by atoms with Gasteiger partial charge in [-0.05, 0) is 51.5 Å². The van der Waals surface area contributed by atoms with E-state index >= 15 is 0 Å². The van der Waals surface area contributed by atoms with Crippen LogP contribution in [0, 0.1) is 5.92 Å². The summed E-state index contributed by atoms with van der Waals surface area (Å²) in [7, 11) is 0. The van der Waals surface area contributed by atoms with Crippen LogP contribution in [0.1, 0.15) is 39.0 Å². The van der Waals surface area contributed by atoms with Crippen LogP contribution in [0.2, 0.25) is 0 Å². The monoisotopic (exact) mass is 191 g/mol. The molecule has 2 rings (SSSR count). The Hall–Kier alpha value is -0.560. The first-order chi connectivity index (χ1) is 6.86. The highest BCUT2D eigenvalue weighted by Crippen LogP contribution is 2.24. The third kappa shape index (κ3) is 2.48. The standard InChI is InChI=1S/C13H21N/c1-11-13(8-5-9-14-11)10-12-6-3-2-4-7-12/h2-3,10-12,14H,4-9H2,1H3/b13-10+. The second-order valence-electron chi connectivity index (χ2n) is 4.57. The van der Waals surface area contributed by atoms with Gasteiger partial charge in [0.2, 0.25) is 0 Å². The zero-order valence-electron chi connectivity index (χ0n) is 9.13. The van der Waals surface area contributed by atoms with Gasteiger partial charge in [0.1, 0.15) is 0 Å². The Labute approximate surface area is 87.3 Å². The zero-order chi connectivity index (χ0) is 9.80. The van der Waals surface area contributed by atoms with Crippen molar-refractivity contribution in [3.05, 3.63) is 23.8 Å². The zero-order valence-corrected chi connectivity index (χ0v) is 9.13. The Morgan fingerprint density at radius 3 is 3.07 bits per heavy atom. The summed E-state index contributed by atoms with van der Waals surface area (Å²) in [6.07, 6.45) is 13.7. The van der Waals surface area contributed by atoms with E-state index < -0.39 is 0 Å². The smallest absolute Gasteiger partial charge is 0.0251 e. The van der Waals surface area contributed by atoms with Crippen LogP contribution in [0.5, 0.6) is 0 Å². The lowest BCUT2D eigenvalue weighted by Gasteiger charge is -2.25. The molecule has 1 heterocycles. The normalized spacial score (nSPS) is 36.2. The Morgan fingerprint density at radius 2 is 2.36 bits per heavy atom. The average Bonchev–Trinajstić information content (AvgIpc) is 2.23. The van der Waals surface area contributed by atoms with Crippen LogP contribution in [0.3, 0.4) is 0 Å². The predicted molar refractivity (Wildman–Crippen MR) is 61.3 cm³/mol. The fourth-order valence-corrected chi connectivity index (χ4v) is 2.46. The summed E-state index contributed by atoms with van der Waals surface area (Å²) in [5.41, 5.74) is 1.65. The van der Waals surface area contributed by atoms with Gasteiger partial charge in [0.05, 0.1) is 0 Å². The Bertz CT molecular complexity index is 240. The fourth-order valence-electron chi connectivity index (χ4n) is 2.46. The molecule has 1 aliphatic heterocycles. The molecule has 2 aliphatic rings. The molecule has 1 nitrogen and oxygen atoms in total. The summed E-state index contributed by atoms with van der Waals surface area (Å²) in [5, 5.41) is 3.54. The molecule has 0 aromatic rings. The van der Waals surface area contributed by atoms with E-state index in [1.807, 2.05) is 0 Å². The maximum Gasteiger partial charge on any atom is 0.0251 e. The maximum atomic E-state index is 3.54. The molecule has 0 spiro atoms. The molecule has 1 N–H and O–H groups in total. The van der Waals surface area contributed by atoms with Gasteiger partial charge in [0.25, 0.3) is 0 Å². The first-order valence-electron chi connectivity index (χ1n) is 5.95. The van der Waals surface area contributed by atoms with Gasteiger partial charge in [-0.2, -0.15) is 0 Å². The van der Waals surface area contributed by atoms with Gasteiger partial charge in [0.15, 0.2) is 0 Å². The van der Waals surface area contributed by atoms with Crippen LogP contribution in [0.4, 0.5) is 0 Å². The third-order valence-corrected chi connectivity index (χ3v) is 3.41. The molecule has 1 saturated heterocycles. The maximum absolute atomic E-state index is 3.54. The molecule has 1 heteroatoms. The van der Waals surface area contributed by atoms with Crippen molar-refractivity contribution in [2.45, 2.75) is 45.1 Å². The SMILES string of the molecule is CC1NCCC/C1=C\C1CC=CCC1. The molecule has 1 aliphatic carbocycles. The third-order valence-electron chi connectivity index (χ3n) is 3.41. The van der Waals surface area contributed by atoms with E-state index in [1.165, 1.54) is 38.6 Å². The van der Waals surface area contributed by atoms with Gasteiger partial charge in [-0.1, -0.05) is 23.8 Å². The van der Waals surface area contributed by atoms with Crippen molar-refractivity contribution in [2.24, 2.45) is 5.92 Å². The molecule has 78 valence electrons. The van der Waals surface area contributed by atoms with Crippen molar-refractivity contribution < 1.29 is 0 Å². The van der Waals surface area contributed by atoms with Crippen molar-refractivity contribution in [1.29, 1.82) is 0 Å². The number of rotatable bonds is 1. The minimum Gasteiger partial charge on any atom is -0.311 e. The first kappa shape index (κ1) is 9.97. The molecule has 0 amide bonds. The quantitative estimate of drug-likeness (QED) is 0.628. The molecule has 0 aromatic heterocycles. The summed E-state index contributed by atoms with van der Waals surface area (Å²) in [6, 6.07) is 0.620. The van der Waals surface area contributed by atoms with Crippen LogP contribution in [-0.4, -0.2) is 12.6 Å². The number of piperidine rings is 1. The van der Waals surface area contributed by atoms with Crippen LogP contribution >= 0.6 is 0 Å². The average molecular weight is 191 g/mol. The van der Waals surface area contributed by atoms with Gasteiger partial charge in [-0.15, -0.1) is 0 Å². The predicted octanol–water partition coefficient (Wildman–Crippen LogP) is 3.04. The van der Waals surface area contributed by atoms with Crippen molar-refractivity contribution in [1.82, 2.24) is 5.32 Å². The Morgan fingerprint density at radius 1 is 1.43 bits per heavy atom. The van der Waals surface area contributed by atoms with Crippen LogP contribution in [-0.2, 0) is 0 Å². The van der Waals surface area contributed by atoms with Crippen molar-refractivity contribution in [3.63, 3.8) is 0 Å². The van der Waals surface area contributed by atoms with E-state index in [-0.39, 0.29) is 0 Å². The van der Waals surface area contributed by atoms with Crippen molar-refractivity contribution in [2.75, 3.05) is 6.54 Å². The molecule has 1 fully saturated rings. The highest BCUT2D eigenvalue weighted by Gasteiger charge is 2.15. The molecule has 2 unspecified atom stereocenters. The second kappa shape index (κ2) is 4.79.